The molecule has 3 rings (SSSR count). The quantitative estimate of drug-likeness (QED) is 0.720. The topological polar surface area (TPSA) is 47.6 Å². The Hall–Kier alpha value is -1.73. The van der Waals surface area contributed by atoms with Crippen molar-refractivity contribution >= 4 is 33.6 Å². The summed E-state index contributed by atoms with van der Waals surface area (Å²) in [4.78, 5) is 12.2. The fourth-order valence-corrected chi connectivity index (χ4v) is 3.75. The number of nitrogens with one attached hydrogen (secondary N) is 1. The zero-order valence-corrected chi connectivity index (χ0v) is 16.7. The molecule has 2 aromatic carbocycles. The number of hydrogen-bond donors (Lipinski definition) is 1. The predicted molar refractivity (Wildman–Crippen MR) is 104 cm³/mol. The molecule has 1 heterocycles. The number of amides is 1. The fourth-order valence-electron chi connectivity index (χ4n) is 2.59. The van der Waals surface area contributed by atoms with Gasteiger partial charge in [0.1, 0.15) is 19.0 Å². The van der Waals surface area contributed by atoms with E-state index < -0.39 is 0 Å². The van der Waals surface area contributed by atoms with Gasteiger partial charge >= 0.3 is 0 Å². The van der Waals surface area contributed by atoms with Crippen molar-refractivity contribution in [2.75, 3.05) is 19.0 Å². The third-order valence-corrected chi connectivity index (χ3v) is 5.42. The number of ether oxygens (including phenoxy) is 2. The Morgan fingerprint density at radius 1 is 1.23 bits per heavy atom. The van der Waals surface area contributed by atoms with E-state index in [4.69, 9.17) is 9.47 Å². The van der Waals surface area contributed by atoms with E-state index in [9.17, 15) is 9.18 Å². The van der Waals surface area contributed by atoms with E-state index in [1.54, 1.807) is 12.1 Å². The van der Waals surface area contributed by atoms with Crippen molar-refractivity contribution in [1.82, 2.24) is 5.32 Å². The summed E-state index contributed by atoms with van der Waals surface area (Å²) in [5.74, 6) is 1.79. The molecule has 7 heteroatoms. The lowest BCUT2D eigenvalue weighted by Crippen LogP contribution is -2.28. The standard InChI is InChI=1S/C19H19BrFNO3S/c1-12(13-3-5-17-18(8-13)25-7-6-24-17)22-19(23)11-26-10-14-2-4-15(20)9-16(14)21/h2-5,8-9,12H,6-7,10-11H2,1H3,(H,22,23). The molecule has 0 fully saturated rings. The van der Waals surface area contributed by atoms with Gasteiger partial charge in [0.05, 0.1) is 11.8 Å². The van der Waals surface area contributed by atoms with Crippen LogP contribution in [-0.4, -0.2) is 24.9 Å². The molecular formula is C19H19BrFNO3S. The van der Waals surface area contributed by atoms with Crippen molar-refractivity contribution in [2.45, 2.75) is 18.7 Å². The molecule has 2 aromatic rings. The highest BCUT2D eigenvalue weighted by molar-refractivity contribution is 9.10. The summed E-state index contributed by atoms with van der Waals surface area (Å²) >= 11 is 4.61. The highest BCUT2D eigenvalue weighted by atomic mass is 79.9. The van der Waals surface area contributed by atoms with Crippen molar-refractivity contribution in [3.63, 3.8) is 0 Å². The number of rotatable bonds is 6. The first-order chi connectivity index (χ1) is 12.5. The van der Waals surface area contributed by atoms with Crippen LogP contribution in [0.1, 0.15) is 24.1 Å². The molecule has 1 aliphatic rings. The van der Waals surface area contributed by atoms with Crippen LogP contribution in [0.15, 0.2) is 40.9 Å². The van der Waals surface area contributed by atoms with Gasteiger partial charge in [0.15, 0.2) is 11.5 Å². The largest absolute Gasteiger partial charge is 0.486 e. The van der Waals surface area contributed by atoms with E-state index in [1.807, 2.05) is 25.1 Å². The zero-order valence-electron chi connectivity index (χ0n) is 14.3. The molecule has 26 heavy (non-hydrogen) atoms. The number of fused-ring (bicyclic) bond motifs is 1. The summed E-state index contributed by atoms with van der Waals surface area (Å²) in [6.45, 7) is 3.00. The second-order valence-electron chi connectivity index (χ2n) is 5.92. The second kappa shape index (κ2) is 8.77. The van der Waals surface area contributed by atoms with Crippen LogP contribution in [0.3, 0.4) is 0 Å². The maximum Gasteiger partial charge on any atom is 0.230 e. The summed E-state index contributed by atoms with van der Waals surface area (Å²) in [6.07, 6.45) is 0. The smallest absolute Gasteiger partial charge is 0.230 e. The Morgan fingerprint density at radius 3 is 2.77 bits per heavy atom. The SMILES string of the molecule is CC(NC(=O)CSCc1ccc(Br)cc1F)c1ccc2c(c1)OCCO2. The minimum atomic E-state index is -0.267. The van der Waals surface area contributed by atoms with Gasteiger partial charge in [0, 0.05) is 10.2 Å². The van der Waals surface area contributed by atoms with Crippen LogP contribution in [0.5, 0.6) is 11.5 Å². The third kappa shape index (κ3) is 4.92. The van der Waals surface area contributed by atoms with E-state index in [0.717, 1.165) is 11.3 Å². The number of hydrogen-bond acceptors (Lipinski definition) is 4. The van der Waals surface area contributed by atoms with E-state index in [-0.39, 0.29) is 23.5 Å². The van der Waals surface area contributed by atoms with Gasteiger partial charge in [0.2, 0.25) is 5.91 Å². The first-order valence-corrected chi connectivity index (χ1v) is 10.2. The summed E-state index contributed by atoms with van der Waals surface area (Å²) in [7, 11) is 0. The highest BCUT2D eigenvalue weighted by Crippen LogP contribution is 2.32. The van der Waals surface area contributed by atoms with Gasteiger partial charge in [-0.25, -0.2) is 4.39 Å². The van der Waals surface area contributed by atoms with E-state index in [2.05, 4.69) is 21.2 Å². The lowest BCUT2D eigenvalue weighted by atomic mass is 10.1. The fraction of sp³-hybridized carbons (Fsp3) is 0.316. The van der Waals surface area contributed by atoms with Gasteiger partial charge < -0.3 is 14.8 Å². The average molecular weight is 440 g/mol. The molecular weight excluding hydrogens is 421 g/mol. The van der Waals surface area contributed by atoms with Gasteiger partial charge in [0.25, 0.3) is 0 Å². The molecule has 0 saturated carbocycles. The maximum atomic E-state index is 13.8. The van der Waals surface area contributed by atoms with Crippen molar-refractivity contribution in [1.29, 1.82) is 0 Å². The van der Waals surface area contributed by atoms with Gasteiger partial charge in [-0.2, -0.15) is 0 Å². The second-order valence-corrected chi connectivity index (χ2v) is 7.82. The summed E-state index contributed by atoms with van der Waals surface area (Å²) in [5, 5.41) is 2.96. The number of carbonyl (C=O) groups is 1. The normalized spacial score (nSPS) is 14.0. The van der Waals surface area contributed by atoms with Crippen LogP contribution < -0.4 is 14.8 Å². The van der Waals surface area contributed by atoms with Gasteiger partial charge in [-0.05, 0) is 42.3 Å². The minimum absolute atomic E-state index is 0.0880. The van der Waals surface area contributed by atoms with Crippen LogP contribution in [0.4, 0.5) is 4.39 Å². The third-order valence-electron chi connectivity index (χ3n) is 3.95. The Bertz CT molecular complexity index is 802. The molecule has 0 aromatic heterocycles. The van der Waals surface area contributed by atoms with Crippen LogP contribution in [0.25, 0.3) is 0 Å². The molecule has 0 spiro atoms. The molecule has 1 atom stereocenters. The highest BCUT2D eigenvalue weighted by Gasteiger charge is 2.16. The van der Waals surface area contributed by atoms with E-state index in [0.29, 0.717) is 34.8 Å². The molecule has 1 N–H and O–H groups in total. The van der Waals surface area contributed by atoms with Crippen LogP contribution in [0, 0.1) is 5.82 Å². The van der Waals surface area contributed by atoms with E-state index >= 15 is 0 Å². The number of carbonyl (C=O) groups excluding carboxylic acids is 1. The van der Waals surface area contributed by atoms with Crippen molar-refractivity contribution in [2.24, 2.45) is 0 Å². The Kier molecular flexibility index (Phi) is 6.43. The first-order valence-electron chi connectivity index (χ1n) is 8.23. The Labute approximate surface area is 164 Å². The number of halogens is 2. The van der Waals surface area contributed by atoms with E-state index in [1.165, 1.54) is 17.8 Å². The van der Waals surface area contributed by atoms with Crippen molar-refractivity contribution < 1.29 is 18.7 Å². The summed E-state index contributed by atoms with van der Waals surface area (Å²) in [6, 6.07) is 10.5. The van der Waals surface area contributed by atoms with Crippen LogP contribution >= 0.6 is 27.7 Å². The average Bonchev–Trinajstić information content (AvgIpc) is 2.63. The molecule has 4 nitrogen and oxygen atoms in total. The van der Waals surface area contributed by atoms with Crippen molar-refractivity contribution in [3.05, 3.63) is 57.8 Å². The number of thioether (sulfide) groups is 1. The Balaban J connectivity index is 1.49. The van der Waals surface area contributed by atoms with Gasteiger partial charge in [-0.1, -0.05) is 28.1 Å². The minimum Gasteiger partial charge on any atom is -0.486 e. The van der Waals surface area contributed by atoms with Crippen LogP contribution in [0.2, 0.25) is 0 Å². The molecule has 1 unspecified atom stereocenters. The molecule has 0 bridgehead atoms. The summed E-state index contributed by atoms with van der Waals surface area (Å²) < 4.78 is 25.6. The molecule has 0 saturated heterocycles. The van der Waals surface area contributed by atoms with Crippen LogP contribution in [-0.2, 0) is 10.5 Å². The summed E-state index contributed by atoms with van der Waals surface area (Å²) in [5.41, 5.74) is 1.54. The molecule has 138 valence electrons. The monoisotopic (exact) mass is 439 g/mol. The lowest BCUT2D eigenvalue weighted by Gasteiger charge is -2.21. The molecule has 1 aliphatic heterocycles. The van der Waals surface area contributed by atoms with Gasteiger partial charge in [-0.3, -0.25) is 4.79 Å². The molecule has 0 aliphatic carbocycles. The van der Waals surface area contributed by atoms with Crippen molar-refractivity contribution in [3.8, 4) is 11.5 Å². The number of benzene rings is 2. The van der Waals surface area contributed by atoms with Gasteiger partial charge in [-0.15, -0.1) is 11.8 Å². The zero-order chi connectivity index (χ0) is 18.5. The molecule has 1 amide bonds. The Morgan fingerprint density at radius 2 is 2.00 bits per heavy atom. The lowest BCUT2D eigenvalue weighted by molar-refractivity contribution is -0.119. The first kappa shape index (κ1) is 19.0. The predicted octanol–water partition coefficient (Wildman–Crippen LogP) is 4.47. The maximum absolute atomic E-state index is 13.8. The molecule has 0 radical (unpaired) electrons.